The van der Waals surface area contributed by atoms with Gasteiger partial charge in [0.05, 0.1) is 12.2 Å². The average molecular weight is 259 g/mol. The predicted molar refractivity (Wildman–Crippen MR) is 69.8 cm³/mol. The number of ketones is 1. The minimum Gasteiger partial charge on any atom is -0.492 e. The van der Waals surface area contributed by atoms with Crippen molar-refractivity contribution >= 4 is 5.78 Å². The molecule has 0 radical (unpaired) electrons. The standard InChI is InChI=1S/C15H14FNO2/c1-11(18)14-9-13(16)4-5-15(14)19-8-6-12-3-2-7-17-10-12/h2-5,7,9-10H,6,8H2,1H3. The van der Waals surface area contributed by atoms with Crippen LogP contribution in [0.15, 0.2) is 42.7 Å². The maximum atomic E-state index is 13.1. The fourth-order valence-corrected chi connectivity index (χ4v) is 1.73. The van der Waals surface area contributed by atoms with Crippen molar-refractivity contribution < 1.29 is 13.9 Å². The molecule has 0 bridgehead atoms. The molecule has 0 amide bonds. The highest BCUT2D eigenvalue weighted by Gasteiger charge is 2.09. The van der Waals surface area contributed by atoms with E-state index < -0.39 is 5.82 Å². The summed E-state index contributed by atoms with van der Waals surface area (Å²) in [6.45, 7) is 1.81. The summed E-state index contributed by atoms with van der Waals surface area (Å²) in [4.78, 5) is 15.4. The van der Waals surface area contributed by atoms with Crippen LogP contribution in [0.5, 0.6) is 5.75 Å². The number of nitrogens with zero attached hydrogens (tertiary/aromatic N) is 1. The molecule has 1 heterocycles. The summed E-state index contributed by atoms with van der Waals surface area (Å²) in [6.07, 6.45) is 4.15. The van der Waals surface area contributed by atoms with Crippen molar-refractivity contribution in [2.45, 2.75) is 13.3 Å². The van der Waals surface area contributed by atoms with Crippen molar-refractivity contribution in [1.82, 2.24) is 4.98 Å². The van der Waals surface area contributed by atoms with Gasteiger partial charge in [-0.3, -0.25) is 9.78 Å². The molecular formula is C15H14FNO2. The molecule has 0 N–H and O–H groups in total. The number of Topliss-reactive ketones (excluding diaryl/α,β-unsaturated/α-hetero) is 1. The lowest BCUT2D eigenvalue weighted by Gasteiger charge is -2.09. The van der Waals surface area contributed by atoms with Crippen LogP contribution in [-0.2, 0) is 6.42 Å². The number of ether oxygens (including phenoxy) is 1. The van der Waals surface area contributed by atoms with E-state index in [0.29, 0.717) is 18.8 Å². The second-order valence-corrected chi connectivity index (χ2v) is 4.16. The van der Waals surface area contributed by atoms with Gasteiger partial charge in [-0.05, 0) is 36.8 Å². The summed E-state index contributed by atoms with van der Waals surface area (Å²) in [5.41, 5.74) is 1.32. The van der Waals surface area contributed by atoms with Crippen LogP contribution >= 0.6 is 0 Å². The molecule has 0 saturated heterocycles. The summed E-state index contributed by atoms with van der Waals surface area (Å²) in [5, 5.41) is 0. The maximum Gasteiger partial charge on any atom is 0.163 e. The zero-order valence-corrected chi connectivity index (χ0v) is 10.6. The van der Waals surface area contributed by atoms with Crippen molar-refractivity contribution in [3.05, 3.63) is 59.7 Å². The zero-order chi connectivity index (χ0) is 13.7. The van der Waals surface area contributed by atoms with E-state index >= 15 is 0 Å². The number of rotatable bonds is 5. The second kappa shape index (κ2) is 6.09. The fraction of sp³-hybridized carbons (Fsp3) is 0.200. The number of carbonyl (C=O) groups excluding carboxylic acids is 1. The van der Waals surface area contributed by atoms with Crippen LogP contribution in [0.4, 0.5) is 4.39 Å². The van der Waals surface area contributed by atoms with Gasteiger partial charge in [-0.1, -0.05) is 6.07 Å². The van der Waals surface area contributed by atoms with E-state index in [1.54, 1.807) is 12.4 Å². The van der Waals surface area contributed by atoms with Crippen LogP contribution in [0.3, 0.4) is 0 Å². The third-order valence-electron chi connectivity index (χ3n) is 2.69. The van der Waals surface area contributed by atoms with Gasteiger partial charge in [-0.15, -0.1) is 0 Å². The molecular weight excluding hydrogens is 245 g/mol. The Balaban J connectivity index is 2.02. The first-order chi connectivity index (χ1) is 9.16. The fourth-order valence-electron chi connectivity index (χ4n) is 1.73. The van der Waals surface area contributed by atoms with E-state index in [2.05, 4.69) is 4.98 Å². The Morgan fingerprint density at radius 1 is 1.37 bits per heavy atom. The predicted octanol–water partition coefficient (Wildman–Crippen LogP) is 3.04. The minimum absolute atomic E-state index is 0.212. The highest BCUT2D eigenvalue weighted by atomic mass is 19.1. The summed E-state index contributed by atoms with van der Waals surface area (Å²) < 4.78 is 18.6. The Bertz CT molecular complexity index is 570. The molecule has 2 aromatic rings. The Morgan fingerprint density at radius 2 is 2.21 bits per heavy atom. The molecule has 4 heteroatoms. The summed E-state index contributed by atoms with van der Waals surface area (Å²) in [7, 11) is 0. The molecule has 1 aromatic carbocycles. The number of aromatic nitrogens is 1. The first kappa shape index (κ1) is 13.2. The largest absolute Gasteiger partial charge is 0.492 e. The lowest BCUT2D eigenvalue weighted by molar-refractivity contribution is 0.101. The lowest BCUT2D eigenvalue weighted by Crippen LogP contribution is -2.05. The van der Waals surface area contributed by atoms with Gasteiger partial charge in [0.2, 0.25) is 0 Å². The maximum absolute atomic E-state index is 13.1. The third kappa shape index (κ3) is 3.61. The van der Waals surface area contributed by atoms with Gasteiger partial charge in [0, 0.05) is 18.8 Å². The summed E-state index contributed by atoms with van der Waals surface area (Å²) >= 11 is 0. The van der Waals surface area contributed by atoms with Crippen LogP contribution in [0.25, 0.3) is 0 Å². The lowest BCUT2D eigenvalue weighted by atomic mass is 10.1. The topological polar surface area (TPSA) is 39.2 Å². The van der Waals surface area contributed by atoms with E-state index in [1.807, 2.05) is 12.1 Å². The van der Waals surface area contributed by atoms with Crippen molar-refractivity contribution in [3.8, 4) is 5.75 Å². The van der Waals surface area contributed by atoms with E-state index in [4.69, 9.17) is 4.74 Å². The van der Waals surface area contributed by atoms with E-state index in [9.17, 15) is 9.18 Å². The molecule has 19 heavy (non-hydrogen) atoms. The molecule has 2 rings (SSSR count). The highest BCUT2D eigenvalue weighted by molar-refractivity contribution is 5.96. The molecule has 0 fully saturated rings. The van der Waals surface area contributed by atoms with E-state index in [1.165, 1.54) is 25.1 Å². The van der Waals surface area contributed by atoms with Gasteiger partial charge in [0.25, 0.3) is 0 Å². The minimum atomic E-state index is -0.440. The van der Waals surface area contributed by atoms with Crippen molar-refractivity contribution in [1.29, 1.82) is 0 Å². The summed E-state index contributed by atoms with van der Waals surface area (Å²) in [5.74, 6) is -0.238. The van der Waals surface area contributed by atoms with Gasteiger partial charge in [-0.2, -0.15) is 0 Å². The van der Waals surface area contributed by atoms with Crippen LogP contribution in [0, 0.1) is 5.82 Å². The van der Waals surface area contributed by atoms with Crippen LogP contribution in [0.1, 0.15) is 22.8 Å². The molecule has 0 saturated carbocycles. The third-order valence-corrected chi connectivity index (χ3v) is 2.69. The zero-order valence-electron chi connectivity index (χ0n) is 10.6. The molecule has 1 aromatic heterocycles. The van der Waals surface area contributed by atoms with Gasteiger partial charge >= 0.3 is 0 Å². The molecule has 0 unspecified atom stereocenters. The quantitative estimate of drug-likeness (QED) is 0.775. The highest BCUT2D eigenvalue weighted by Crippen LogP contribution is 2.20. The van der Waals surface area contributed by atoms with Gasteiger partial charge in [-0.25, -0.2) is 4.39 Å². The Hall–Kier alpha value is -2.23. The Kier molecular flexibility index (Phi) is 4.23. The second-order valence-electron chi connectivity index (χ2n) is 4.16. The van der Waals surface area contributed by atoms with Crippen molar-refractivity contribution in [3.63, 3.8) is 0 Å². The molecule has 0 atom stereocenters. The number of hydrogen-bond donors (Lipinski definition) is 0. The molecule has 0 aliphatic rings. The van der Waals surface area contributed by atoms with E-state index in [0.717, 1.165) is 5.56 Å². The van der Waals surface area contributed by atoms with Crippen molar-refractivity contribution in [2.24, 2.45) is 0 Å². The van der Waals surface area contributed by atoms with Crippen molar-refractivity contribution in [2.75, 3.05) is 6.61 Å². The molecule has 3 nitrogen and oxygen atoms in total. The van der Waals surface area contributed by atoms with Crippen LogP contribution in [-0.4, -0.2) is 17.4 Å². The SMILES string of the molecule is CC(=O)c1cc(F)ccc1OCCc1cccnc1. The van der Waals surface area contributed by atoms with Gasteiger partial charge < -0.3 is 4.74 Å². The van der Waals surface area contributed by atoms with E-state index in [-0.39, 0.29) is 11.3 Å². The normalized spacial score (nSPS) is 10.2. The Labute approximate surface area is 111 Å². The smallest absolute Gasteiger partial charge is 0.163 e. The van der Waals surface area contributed by atoms with Gasteiger partial charge in [0.15, 0.2) is 5.78 Å². The number of benzene rings is 1. The van der Waals surface area contributed by atoms with Gasteiger partial charge in [0.1, 0.15) is 11.6 Å². The van der Waals surface area contributed by atoms with Crippen LogP contribution in [0.2, 0.25) is 0 Å². The number of halogens is 1. The first-order valence-electron chi connectivity index (χ1n) is 5.99. The monoisotopic (exact) mass is 259 g/mol. The average Bonchev–Trinajstić information content (AvgIpc) is 2.41. The molecule has 0 spiro atoms. The molecule has 0 aliphatic carbocycles. The Morgan fingerprint density at radius 3 is 2.89 bits per heavy atom. The number of hydrogen-bond acceptors (Lipinski definition) is 3. The summed E-state index contributed by atoms with van der Waals surface area (Å²) in [6, 6.07) is 7.77. The molecule has 98 valence electrons. The molecule has 0 aliphatic heterocycles. The number of pyridine rings is 1. The first-order valence-corrected chi connectivity index (χ1v) is 5.99. The van der Waals surface area contributed by atoms with Crippen LogP contribution < -0.4 is 4.74 Å². The number of carbonyl (C=O) groups is 1.